The molecule has 102 valence electrons. The number of amides is 1. The normalized spacial score (nSPS) is 23.4. The van der Waals surface area contributed by atoms with E-state index in [1.165, 1.54) is 24.1 Å². The lowest BCUT2D eigenvalue weighted by molar-refractivity contribution is -0.380. The van der Waals surface area contributed by atoms with E-state index in [0.29, 0.717) is 4.88 Å². The molecule has 1 fully saturated rings. The topological polar surface area (TPSA) is 101 Å². The predicted molar refractivity (Wildman–Crippen MR) is 66.8 cm³/mol. The Bertz CT molecular complexity index is 541. The molecule has 2 heterocycles. The van der Waals surface area contributed by atoms with Gasteiger partial charge in [-0.3, -0.25) is 19.7 Å². The van der Waals surface area contributed by atoms with Gasteiger partial charge >= 0.3 is 11.0 Å². The van der Waals surface area contributed by atoms with Crippen molar-refractivity contribution >= 4 is 28.2 Å². The third-order valence-corrected chi connectivity index (χ3v) is 4.37. The summed E-state index contributed by atoms with van der Waals surface area (Å²) in [6.45, 7) is 0. The molecule has 1 aromatic heterocycles. The van der Waals surface area contributed by atoms with Crippen molar-refractivity contribution in [2.45, 2.75) is 18.9 Å². The highest BCUT2D eigenvalue weighted by atomic mass is 32.1. The van der Waals surface area contributed by atoms with Crippen molar-refractivity contribution in [3.63, 3.8) is 0 Å². The molecule has 0 spiro atoms. The SMILES string of the molecule is CN1C(=O)CCC(C(=O)O)C1c1ccc([N+](=O)[O-])s1. The standard InChI is InChI=1S/C11H12N2O5S/c1-12-8(14)4-2-6(11(15)16)10(12)7-3-5-9(19-7)13(17)18/h3,5-6,10H,2,4H2,1H3,(H,15,16). The maximum Gasteiger partial charge on any atom is 0.324 e. The fourth-order valence-corrected chi connectivity index (χ4v) is 3.32. The van der Waals surface area contributed by atoms with Crippen LogP contribution in [0, 0.1) is 16.0 Å². The van der Waals surface area contributed by atoms with Crippen molar-refractivity contribution in [1.29, 1.82) is 0 Å². The summed E-state index contributed by atoms with van der Waals surface area (Å²) in [5, 5.41) is 19.8. The molecule has 2 rings (SSSR count). The second-order valence-corrected chi connectivity index (χ2v) is 5.46. The number of piperidine rings is 1. The van der Waals surface area contributed by atoms with Gasteiger partial charge in [0.15, 0.2) is 0 Å². The van der Waals surface area contributed by atoms with Crippen LogP contribution in [0.5, 0.6) is 0 Å². The zero-order valence-electron chi connectivity index (χ0n) is 10.1. The molecule has 0 bridgehead atoms. The van der Waals surface area contributed by atoms with E-state index in [9.17, 15) is 24.8 Å². The first kappa shape index (κ1) is 13.5. The predicted octanol–water partition coefficient (Wildman–Crippen LogP) is 1.65. The number of carboxylic acids is 1. The van der Waals surface area contributed by atoms with Crippen LogP contribution in [0.3, 0.4) is 0 Å². The van der Waals surface area contributed by atoms with Crippen LogP contribution >= 0.6 is 11.3 Å². The van der Waals surface area contributed by atoms with E-state index in [1.54, 1.807) is 0 Å². The maximum absolute atomic E-state index is 11.7. The Morgan fingerprint density at radius 1 is 1.58 bits per heavy atom. The van der Waals surface area contributed by atoms with Gasteiger partial charge in [-0.15, -0.1) is 0 Å². The molecule has 1 amide bonds. The van der Waals surface area contributed by atoms with Crippen LogP contribution in [0.4, 0.5) is 5.00 Å². The van der Waals surface area contributed by atoms with Gasteiger partial charge in [0.25, 0.3) is 0 Å². The molecule has 19 heavy (non-hydrogen) atoms. The Balaban J connectivity index is 2.37. The second-order valence-electron chi connectivity index (χ2n) is 4.37. The average Bonchev–Trinajstić information content (AvgIpc) is 2.81. The molecule has 0 radical (unpaired) electrons. The van der Waals surface area contributed by atoms with Gasteiger partial charge in [0, 0.05) is 24.4 Å². The van der Waals surface area contributed by atoms with E-state index in [2.05, 4.69) is 0 Å². The summed E-state index contributed by atoms with van der Waals surface area (Å²) in [7, 11) is 1.54. The number of aliphatic carboxylic acids is 1. The number of nitro groups is 1. The van der Waals surface area contributed by atoms with Crippen molar-refractivity contribution in [2.24, 2.45) is 5.92 Å². The molecular weight excluding hydrogens is 272 g/mol. The van der Waals surface area contributed by atoms with Gasteiger partial charge in [0.1, 0.15) is 0 Å². The van der Waals surface area contributed by atoms with Crippen molar-refractivity contribution in [1.82, 2.24) is 4.90 Å². The number of carbonyl (C=O) groups is 2. The van der Waals surface area contributed by atoms with Gasteiger partial charge in [-0.05, 0) is 12.5 Å². The quantitative estimate of drug-likeness (QED) is 0.671. The Kier molecular flexibility index (Phi) is 3.52. The zero-order valence-corrected chi connectivity index (χ0v) is 10.9. The largest absolute Gasteiger partial charge is 0.481 e. The number of carbonyl (C=O) groups excluding carboxylic acids is 1. The molecule has 2 atom stereocenters. The van der Waals surface area contributed by atoms with E-state index in [-0.39, 0.29) is 23.7 Å². The first-order valence-electron chi connectivity index (χ1n) is 5.64. The van der Waals surface area contributed by atoms with Crippen LogP contribution in [0.15, 0.2) is 12.1 Å². The molecule has 1 N–H and O–H groups in total. The minimum Gasteiger partial charge on any atom is -0.481 e. The number of rotatable bonds is 3. The van der Waals surface area contributed by atoms with Crippen molar-refractivity contribution in [3.05, 3.63) is 27.1 Å². The molecule has 2 unspecified atom stereocenters. The monoisotopic (exact) mass is 284 g/mol. The van der Waals surface area contributed by atoms with E-state index in [4.69, 9.17) is 0 Å². The Labute approximate surface area is 112 Å². The van der Waals surface area contributed by atoms with Gasteiger partial charge < -0.3 is 10.0 Å². The van der Waals surface area contributed by atoms with Crippen LogP contribution in [0.25, 0.3) is 0 Å². The molecule has 7 nitrogen and oxygen atoms in total. The second kappa shape index (κ2) is 4.96. The van der Waals surface area contributed by atoms with Crippen molar-refractivity contribution in [3.8, 4) is 0 Å². The minimum absolute atomic E-state index is 0.0504. The molecule has 1 aliphatic rings. The molecule has 0 saturated carbocycles. The lowest BCUT2D eigenvalue weighted by Gasteiger charge is -2.36. The number of carboxylic acid groups (broad SMARTS) is 1. The fraction of sp³-hybridized carbons (Fsp3) is 0.455. The smallest absolute Gasteiger partial charge is 0.324 e. The summed E-state index contributed by atoms with van der Waals surface area (Å²) < 4.78 is 0. The summed E-state index contributed by atoms with van der Waals surface area (Å²) in [4.78, 5) is 35.0. The summed E-state index contributed by atoms with van der Waals surface area (Å²) in [5.41, 5.74) is 0. The molecule has 1 aliphatic heterocycles. The maximum atomic E-state index is 11.7. The summed E-state index contributed by atoms with van der Waals surface area (Å²) in [6, 6.07) is 2.24. The van der Waals surface area contributed by atoms with Crippen LogP contribution in [-0.2, 0) is 9.59 Å². The van der Waals surface area contributed by atoms with Gasteiger partial charge in [-0.1, -0.05) is 11.3 Å². The molecule has 0 aliphatic carbocycles. The molecular formula is C11H12N2O5S. The van der Waals surface area contributed by atoms with Gasteiger partial charge in [-0.25, -0.2) is 0 Å². The average molecular weight is 284 g/mol. The van der Waals surface area contributed by atoms with E-state index >= 15 is 0 Å². The summed E-state index contributed by atoms with van der Waals surface area (Å²) >= 11 is 0.918. The number of hydrogen-bond acceptors (Lipinski definition) is 5. The summed E-state index contributed by atoms with van der Waals surface area (Å²) in [6.07, 6.45) is 0.451. The van der Waals surface area contributed by atoms with Crippen LogP contribution in [0.1, 0.15) is 23.8 Å². The van der Waals surface area contributed by atoms with Crippen LogP contribution < -0.4 is 0 Å². The number of likely N-dealkylation sites (tertiary alicyclic amines) is 1. The highest BCUT2D eigenvalue weighted by Crippen LogP contribution is 2.40. The van der Waals surface area contributed by atoms with Gasteiger partial charge in [0.05, 0.1) is 16.9 Å². The third-order valence-electron chi connectivity index (χ3n) is 3.26. The minimum atomic E-state index is -0.986. The van der Waals surface area contributed by atoms with E-state index in [1.807, 2.05) is 0 Å². The number of nitrogens with zero attached hydrogens (tertiary/aromatic N) is 2. The van der Waals surface area contributed by atoms with Crippen LogP contribution in [0.2, 0.25) is 0 Å². The number of hydrogen-bond donors (Lipinski definition) is 1. The lowest BCUT2D eigenvalue weighted by Crippen LogP contribution is -2.42. The molecule has 8 heteroatoms. The molecule has 1 aromatic rings. The third kappa shape index (κ3) is 2.43. The van der Waals surface area contributed by atoms with E-state index in [0.717, 1.165) is 11.3 Å². The lowest BCUT2D eigenvalue weighted by atomic mass is 9.88. The van der Waals surface area contributed by atoms with Crippen molar-refractivity contribution < 1.29 is 19.6 Å². The first-order chi connectivity index (χ1) is 8.91. The molecule has 0 aromatic carbocycles. The highest BCUT2D eigenvalue weighted by Gasteiger charge is 2.40. The highest BCUT2D eigenvalue weighted by molar-refractivity contribution is 7.15. The van der Waals surface area contributed by atoms with Crippen LogP contribution in [-0.4, -0.2) is 33.9 Å². The fourth-order valence-electron chi connectivity index (χ4n) is 2.29. The molecule has 1 saturated heterocycles. The Hall–Kier alpha value is -1.96. The van der Waals surface area contributed by atoms with E-state index < -0.39 is 22.9 Å². The Morgan fingerprint density at radius 3 is 2.79 bits per heavy atom. The first-order valence-corrected chi connectivity index (χ1v) is 6.46. The summed E-state index contributed by atoms with van der Waals surface area (Å²) in [5.74, 6) is -1.85. The Morgan fingerprint density at radius 2 is 2.26 bits per heavy atom. The number of thiophene rings is 1. The zero-order chi connectivity index (χ0) is 14.2. The van der Waals surface area contributed by atoms with Gasteiger partial charge in [-0.2, -0.15) is 0 Å². The van der Waals surface area contributed by atoms with Crippen molar-refractivity contribution in [2.75, 3.05) is 7.05 Å². The van der Waals surface area contributed by atoms with Gasteiger partial charge in [0.2, 0.25) is 5.91 Å².